The van der Waals surface area contributed by atoms with Crippen molar-refractivity contribution in [2.45, 2.75) is 25.8 Å². The molecule has 0 radical (unpaired) electrons. The van der Waals surface area contributed by atoms with E-state index in [1.165, 1.54) is 0 Å². The minimum Gasteiger partial charge on any atom is -0.495 e. The highest BCUT2D eigenvalue weighted by molar-refractivity contribution is 5.79. The summed E-state index contributed by atoms with van der Waals surface area (Å²) >= 11 is 0. The SMILES string of the molecule is COc1cnc(Nc2cc3c(cn2)n(C)c(=O)n3C2CCOCC2)c(C)c1. The van der Waals surface area contributed by atoms with E-state index in [0.29, 0.717) is 30.6 Å². The molecule has 142 valence electrons. The molecule has 1 aliphatic heterocycles. The summed E-state index contributed by atoms with van der Waals surface area (Å²) in [5.41, 5.74) is 2.62. The standard InChI is InChI=1S/C19H23N5O3/c1-12-8-14(26-3)10-21-18(12)22-17-9-15-16(11-20-17)23(2)19(25)24(15)13-4-6-27-7-5-13/h8-11,13H,4-7H2,1-3H3,(H,20,21,22). The Morgan fingerprint density at radius 3 is 2.67 bits per heavy atom. The molecule has 0 saturated carbocycles. The number of nitrogens with one attached hydrogen (secondary N) is 1. The molecule has 1 saturated heterocycles. The lowest BCUT2D eigenvalue weighted by atomic mass is 10.1. The number of hydrogen-bond acceptors (Lipinski definition) is 6. The van der Waals surface area contributed by atoms with Crippen molar-refractivity contribution in [3.8, 4) is 5.75 Å². The third-order valence-electron chi connectivity index (χ3n) is 5.07. The van der Waals surface area contributed by atoms with E-state index in [1.807, 2.05) is 23.6 Å². The fourth-order valence-corrected chi connectivity index (χ4v) is 3.53. The van der Waals surface area contributed by atoms with Crippen LogP contribution in [-0.2, 0) is 11.8 Å². The quantitative estimate of drug-likeness (QED) is 0.761. The van der Waals surface area contributed by atoms with Crippen LogP contribution in [0.5, 0.6) is 5.75 Å². The van der Waals surface area contributed by atoms with E-state index in [4.69, 9.17) is 9.47 Å². The molecule has 4 heterocycles. The molecule has 0 aromatic carbocycles. The van der Waals surface area contributed by atoms with E-state index in [-0.39, 0.29) is 11.7 Å². The van der Waals surface area contributed by atoms with Crippen LogP contribution in [0.3, 0.4) is 0 Å². The molecule has 0 amide bonds. The molecule has 3 aromatic heterocycles. The predicted molar refractivity (Wildman–Crippen MR) is 103 cm³/mol. The molecule has 0 atom stereocenters. The van der Waals surface area contributed by atoms with E-state index in [1.54, 1.807) is 31.1 Å². The van der Waals surface area contributed by atoms with Gasteiger partial charge in [-0.3, -0.25) is 9.13 Å². The number of ether oxygens (including phenoxy) is 2. The molecule has 3 aromatic rings. The van der Waals surface area contributed by atoms with Crippen LogP contribution in [0.1, 0.15) is 24.4 Å². The summed E-state index contributed by atoms with van der Waals surface area (Å²) in [5.74, 6) is 2.06. The first-order valence-corrected chi connectivity index (χ1v) is 9.01. The minimum absolute atomic E-state index is 0.0189. The lowest BCUT2D eigenvalue weighted by Crippen LogP contribution is -2.29. The Bertz CT molecular complexity index is 1030. The Labute approximate surface area is 156 Å². The fourth-order valence-electron chi connectivity index (χ4n) is 3.53. The molecule has 8 nitrogen and oxygen atoms in total. The van der Waals surface area contributed by atoms with Gasteiger partial charge in [0.2, 0.25) is 0 Å². The second-order valence-electron chi connectivity index (χ2n) is 6.78. The van der Waals surface area contributed by atoms with Gasteiger partial charge in [0.25, 0.3) is 0 Å². The maximum absolute atomic E-state index is 12.8. The lowest BCUT2D eigenvalue weighted by molar-refractivity contribution is 0.0696. The number of rotatable bonds is 4. The Morgan fingerprint density at radius 1 is 1.19 bits per heavy atom. The normalized spacial score (nSPS) is 15.2. The first-order valence-electron chi connectivity index (χ1n) is 9.01. The second kappa shape index (κ2) is 7.03. The molecule has 0 bridgehead atoms. The van der Waals surface area contributed by atoms with Crippen LogP contribution in [0.25, 0.3) is 11.0 Å². The lowest BCUT2D eigenvalue weighted by Gasteiger charge is -2.23. The number of nitrogens with zero attached hydrogens (tertiary/aromatic N) is 4. The van der Waals surface area contributed by atoms with E-state index >= 15 is 0 Å². The molecule has 27 heavy (non-hydrogen) atoms. The number of imidazole rings is 1. The van der Waals surface area contributed by atoms with Crippen molar-refractivity contribution in [3.63, 3.8) is 0 Å². The molecule has 1 aliphatic rings. The third kappa shape index (κ3) is 3.16. The van der Waals surface area contributed by atoms with Crippen molar-refractivity contribution in [2.75, 3.05) is 25.6 Å². The summed E-state index contributed by atoms with van der Waals surface area (Å²) in [7, 11) is 3.40. The molecule has 0 spiro atoms. The first-order chi connectivity index (χ1) is 13.1. The molecule has 0 unspecified atom stereocenters. The monoisotopic (exact) mass is 369 g/mol. The molecule has 1 N–H and O–H groups in total. The van der Waals surface area contributed by atoms with Gasteiger partial charge >= 0.3 is 5.69 Å². The van der Waals surface area contributed by atoms with Crippen LogP contribution in [0, 0.1) is 6.92 Å². The summed E-state index contributed by atoms with van der Waals surface area (Å²) in [5, 5.41) is 3.25. The summed E-state index contributed by atoms with van der Waals surface area (Å²) < 4.78 is 14.2. The Kier molecular flexibility index (Phi) is 4.57. The zero-order valence-electron chi connectivity index (χ0n) is 15.7. The maximum Gasteiger partial charge on any atom is 0.329 e. The minimum atomic E-state index is -0.0189. The smallest absolute Gasteiger partial charge is 0.329 e. The maximum atomic E-state index is 12.8. The van der Waals surface area contributed by atoms with Gasteiger partial charge in [0.15, 0.2) is 0 Å². The molecule has 8 heteroatoms. The van der Waals surface area contributed by atoms with E-state index in [0.717, 1.165) is 29.4 Å². The van der Waals surface area contributed by atoms with Gasteiger partial charge in [0, 0.05) is 32.4 Å². The summed E-state index contributed by atoms with van der Waals surface area (Å²) in [6.07, 6.45) is 5.06. The predicted octanol–water partition coefficient (Wildman–Crippen LogP) is 2.54. The van der Waals surface area contributed by atoms with E-state index < -0.39 is 0 Å². The van der Waals surface area contributed by atoms with Crippen molar-refractivity contribution in [1.82, 2.24) is 19.1 Å². The van der Waals surface area contributed by atoms with Gasteiger partial charge in [-0.05, 0) is 31.4 Å². The van der Waals surface area contributed by atoms with Crippen molar-refractivity contribution < 1.29 is 9.47 Å². The van der Waals surface area contributed by atoms with Gasteiger partial charge in [0.05, 0.1) is 30.5 Å². The number of pyridine rings is 2. The number of methoxy groups -OCH3 is 1. The van der Waals surface area contributed by atoms with E-state index in [9.17, 15) is 4.79 Å². The van der Waals surface area contributed by atoms with Crippen LogP contribution in [0.4, 0.5) is 11.6 Å². The van der Waals surface area contributed by atoms with Gasteiger partial charge in [0.1, 0.15) is 17.4 Å². The van der Waals surface area contributed by atoms with Crippen LogP contribution < -0.4 is 15.7 Å². The van der Waals surface area contributed by atoms with Gasteiger partial charge in [-0.25, -0.2) is 14.8 Å². The number of aryl methyl sites for hydroxylation is 2. The number of hydrogen-bond donors (Lipinski definition) is 1. The summed E-state index contributed by atoms with van der Waals surface area (Å²) in [6, 6.07) is 3.97. The first kappa shape index (κ1) is 17.5. The Balaban J connectivity index is 1.74. The Hall–Kier alpha value is -2.87. The fraction of sp³-hybridized carbons (Fsp3) is 0.421. The topological polar surface area (TPSA) is 83.2 Å². The highest BCUT2D eigenvalue weighted by Crippen LogP contribution is 2.27. The summed E-state index contributed by atoms with van der Waals surface area (Å²) in [6.45, 7) is 3.31. The molecule has 1 fully saturated rings. The second-order valence-corrected chi connectivity index (χ2v) is 6.78. The Morgan fingerprint density at radius 2 is 1.96 bits per heavy atom. The van der Waals surface area contributed by atoms with Crippen molar-refractivity contribution in [1.29, 1.82) is 0 Å². The highest BCUT2D eigenvalue weighted by atomic mass is 16.5. The van der Waals surface area contributed by atoms with Crippen LogP contribution in [-0.4, -0.2) is 39.4 Å². The summed E-state index contributed by atoms with van der Waals surface area (Å²) in [4.78, 5) is 21.7. The average molecular weight is 369 g/mol. The average Bonchev–Trinajstić information content (AvgIpc) is 2.94. The number of anilines is 2. The van der Waals surface area contributed by atoms with Crippen molar-refractivity contribution in [2.24, 2.45) is 7.05 Å². The van der Waals surface area contributed by atoms with E-state index in [2.05, 4.69) is 15.3 Å². The zero-order valence-corrected chi connectivity index (χ0v) is 15.7. The zero-order chi connectivity index (χ0) is 19.0. The number of fused-ring (bicyclic) bond motifs is 1. The van der Waals surface area contributed by atoms with Crippen molar-refractivity contribution >= 4 is 22.7 Å². The third-order valence-corrected chi connectivity index (χ3v) is 5.07. The van der Waals surface area contributed by atoms with Gasteiger partial charge < -0.3 is 14.8 Å². The molecular formula is C19H23N5O3. The molecular weight excluding hydrogens is 346 g/mol. The van der Waals surface area contributed by atoms with Crippen molar-refractivity contribution in [3.05, 3.63) is 40.6 Å². The van der Waals surface area contributed by atoms with Crippen LogP contribution in [0.15, 0.2) is 29.3 Å². The highest BCUT2D eigenvalue weighted by Gasteiger charge is 2.22. The number of aromatic nitrogens is 4. The van der Waals surface area contributed by atoms with Crippen LogP contribution in [0.2, 0.25) is 0 Å². The molecule has 4 rings (SSSR count). The van der Waals surface area contributed by atoms with Crippen LogP contribution >= 0.6 is 0 Å². The van der Waals surface area contributed by atoms with Gasteiger partial charge in [-0.2, -0.15) is 0 Å². The van der Waals surface area contributed by atoms with Gasteiger partial charge in [-0.1, -0.05) is 0 Å². The molecule has 0 aliphatic carbocycles. The largest absolute Gasteiger partial charge is 0.495 e. The van der Waals surface area contributed by atoms with Gasteiger partial charge in [-0.15, -0.1) is 0 Å².